The van der Waals surface area contributed by atoms with E-state index in [2.05, 4.69) is 5.32 Å². The van der Waals surface area contributed by atoms with Gasteiger partial charge in [-0.3, -0.25) is 4.79 Å². The number of hydrogen-bond donors (Lipinski definition) is 2. The topological polar surface area (TPSA) is 55.1 Å². The number of nitrogens with two attached hydrogens (primary N) is 1. The molecule has 1 rings (SSSR count). The number of rotatable bonds is 6. The number of nitrogens with one attached hydrogen (secondary N) is 1. The van der Waals surface area contributed by atoms with Crippen molar-refractivity contribution in [1.82, 2.24) is 5.32 Å². The standard InChI is InChI=1S/C10H13ClN2OS2/c11-7-4-6-16-9(7)10(14)13-5-2-1-3-8(12)15/h4,6H,1-3,5H2,(H2,12,15)(H,13,14). The molecule has 0 radical (unpaired) electrons. The van der Waals surface area contributed by atoms with E-state index in [1.165, 1.54) is 11.3 Å². The summed E-state index contributed by atoms with van der Waals surface area (Å²) in [6.45, 7) is 0.621. The van der Waals surface area contributed by atoms with Crippen LogP contribution in [-0.2, 0) is 0 Å². The normalized spacial score (nSPS) is 10.1. The van der Waals surface area contributed by atoms with Gasteiger partial charge in [0.05, 0.1) is 10.0 Å². The SMILES string of the molecule is NC(=S)CCCCNC(=O)c1sccc1Cl. The summed E-state index contributed by atoms with van der Waals surface area (Å²) in [6, 6.07) is 1.72. The first kappa shape index (κ1) is 13.4. The van der Waals surface area contributed by atoms with Crippen LogP contribution in [0.2, 0.25) is 5.02 Å². The van der Waals surface area contributed by atoms with E-state index in [9.17, 15) is 4.79 Å². The predicted octanol–water partition coefficient (Wildman–Crippen LogP) is 2.59. The Labute approximate surface area is 109 Å². The van der Waals surface area contributed by atoms with E-state index < -0.39 is 0 Å². The number of thiophene rings is 1. The minimum Gasteiger partial charge on any atom is -0.393 e. The summed E-state index contributed by atoms with van der Waals surface area (Å²) < 4.78 is 0. The molecular weight excluding hydrogens is 264 g/mol. The van der Waals surface area contributed by atoms with Gasteiger partial charge in [-0.15, -0.1) is 11.3 Å². The lowest BCUT2D eigenvalue weighted by Gasteiger charge is -2.03. The number of carbonyl (C=O) groups excluding carboxylic acids is 1. The average molecular weight is 277 g/mol. The zero-order valence-electron chi connectivity index (χ0n) is 8.66. The summed E-state index contributed by atoms with van der Waals surface area (Å²) in [6.07, 6.45) is 2.49. The monoisotopic (exact) mass is 276 g/mol. The van der Waals surface area contributed by atoms with Gasteiger partial charge in [0, 0.05) is 6.54 Å². The molecule has 0 aliphatic heterocycles. The quantitative estimate of drug-likeness (QED) is 0.620. The number of amides is 1. The van der Waals surface area contributed by atoms with Gasteiger partial charge in [0.1, 0.15) is 4.88 Å². The molecule has 0 spiro atoms. The van der Waals surface area contributed by atoms with E-state index in [1.807, 2.05) is 0 Å². The molecule has 0 bridgehead atoms. The van der Waals surface area contributed by atoms with Gasteiger partial charge < -0.3 is 11.1 Å². The van der Waals surface area contributed by atoms with Crippen LogP contribution in [0.1, 0.15) is 28.9 Å². The number of unbranched alkanes of at least 4 members (excludes halogenated alkanes) is 1. The average Bonchev–Trinajstić information content (AvgIpc) is 2.63. The first-order valence-electron chi connectivity index (χ1n) is 4.90. The highest BCUT2D eigenvalue weighted by Crippen LogP contribution is 2.21. The van der Waals surface area contributed by atoms with Crippen LogP contribution in [0, 0.1) is 0 Å². The molecule has 3 N–H and O–H groups in total. The van der Waals surface area contributed by atoms with Crippen LogP contribution in [0.25, 0.3) is 0 Å². The molecule has 0 unspecified atom stereocenters. The van der Waals surface area contributed by atoms with E-state index in [-0.39, 0.29) is 5.91 Å². The minimum absolute atomic E-state index is 0.115. The summed E-state index contributed by atoms with van der Waals surface area (Å²) in [5.74, 6) is -0.115. The molecule has 1 amide bonds. The second kappa shape index (κ2) is 6.83. The van der Waals surface area contributed by atoms with Crippen molar-refractivity contribution in [2.45, 2.75) is 19.3 Å². The smallest absolute Gasteiger partial charge is 0.262 e. The highest BCUT2D eigenvalue weighted by Gasteiger charge is 2.10. The Morgan fingerprint density at radius 2 is 2.31 bits per heavy atom. The summed E-state index contributed by atoms with van der Waals surface area (Å²) in [7, 11) is 0. The number of thiocarbonyl (C=S) groups is 1. The van der Waals surface area contributed by atoms with Crippen LogP contribution in [0.3, 0.4) is 0 Å². The molecule has 6 heteroatoms. The summed E-state index contributed by atoms with van der Waals surface area (Å²) in [5, 5.41) is 5.10. The Morgan fingerprint density at radius 1 is 1.56 bits per heavy atom. The maximum Gasteiger partial charge on any atom is 0.262 e. The van der Waals surface area contributed by atoms with Crippen LogP contribution in [0.5, 0.6) is 0 Å². The maximum absolute atomic E-state index is 11.6. The van der Waals surface area contributed by atoms with Gasteiger partial charge in [-0.25, -0.2) is 0 Å². The van der Waals surface area contributed by atoms with E-state index >= 15 is 0 Å². The molecule has 0 aliphatic rings. The lowest BCUT2D eigenvalue weighted by molar-refractivity contribution is 0.0957. The first-order chi connectivity index (χ1) is 7.61. The van der Waals surface area contributed by atoms with Crippen molar-refractivity contribution in [2.24, 2.45) is 5.73 Å². The minimum atomic E-state index is -0.115. The molecule has 88 valence electrons. The highest BCUT2D eigenvalue weighted by molar-refractivity contribution is 7.80. The fraction of sp³-hybridized carbons (Fsp3) is 0.400. The summed E-state index contributed by atoms with van der Waals surface area (Å²) in [4.78, 5) is 12.7. The third-order valence-electron chi connectivity index (χ3n) is 1.96. The van der Waals surface area contributed by atoms with Gasteiger partial charge in [0.2, 0.25) is 0 Å². The summed E-state index contributed by atoms with van der Waals surface area (Å²) in [5.41, 5.74) is 5.36. The van der Waals surface area contributed by atoms with E-state index in [0.717, 1.165) is 19.3 Å². The Hall–Kier alpha value is -0.650. The molecule has 0 saturated heterocycles. The van der Waals surface area contributed by atoms with E-state index in [4.69, 9.17) is 29.6 Å². The van der Waals surface area contributed by atoms with Crippen molar-refractivity contribution >= 4 is 46.1 Å². The number of halogens is 1. The third kappa shape index (κ3) is 4.47. The predicted molar refractivity (Wildman–Crippen MR) is 72.3 cm³/mol. The maximum atomic E-state index is 11.6. The zero-order valence-corrected chi connectivity index (χ0v) is 11.1. The second-order valence-corrected chi connectivity index (χ2v) is 5.12. The van der Waals surface area contributed by atoms with Crippen LogP contribution in [0.15, 0.2) is 11.4 Å². The lowest BCUT2D eigenvalue weighted by Crippen LogP contribution is -2.24. The van der Waals surface area contributed by atoms with Crippen LogP contribution < -0.4 is 11.1 Å². The Morgan fingerprint density at radius 3 is 2.88 bits per heavy atom. The number of hydrogen-bond acceptors (Lipinski definition) is 3. The highest BCUT2D eigenvalue weighted by atomic mass is 35.5. The second-order valence-electron chi connectivity index (χ2n) is 3.28. The molecule has 1 aromatic rings. The number of carbonyl (C=O) groups is 1. The molecule has 0 aliphatic carbocycles. The van der Waals surface area contributed by atoms with Gasteiger partial charge in [0.25, 0.3) is 5.91 Å². The van der Waals surface area contributed by atoms with Crippen molar-refractivity contribution in [3.63, 3.8) is 0 Å². The van der Waals surface area contributed by atoms with Crippen molar-refractivity contribution in [3.8, 4) is 0 Å². The van der Waals surface area contributed by atoms with Gasteiger partial charge in [-0.2, -0.15) is 0 Å². The Bertz CT molecular complexity index is 379. The van der Waals surface area contributed by atoms with Gasteiger partial charge >= 0.3 is 0 Å². The van der Waals surface area contributed by atoms with Crippen LogP contribution in [0.4, 0.5) is 0 Å². The molecule has 1 heterocycles. The third-order valence-corrected chi connectivity index (χ3v) is 3.50. The molecule has 3 nitrogen and oxygen atoms in total. The van der Waals surface area contributed by atoms with Gasteiger partial charge in [0.15, 0.2) is 0 Å². The molecule has 16 heavy (non-hydrogen) atoms. The molecule has 0 atom stereocenters. The van der Waals surface area contributed by atoms with Crippen molar-refractivity contribution in [1.29, 1.82) is 0 Å². The fourth-order valence-electron chi connectivity index (χ4n) is 1.16. The van der Waals surface area contributed by atoms with Crippen molar-refractivity contribution < 1.29 is 4.79 Å². The Balaban J connectivity index is 2.21. The first-order valence-corrected chi connectivity index (χ1v) is 6.57. The van der Waals surface area contributed by atoms with Gasteiger partial charge in [-0.05, 0) is 30.7 Å². The fourth-order valence-corrected chi connectivity index (χ4v) is 2.36. The van der Waals surface area contributed by atoms with Crippen molar-refractivity contribution in [3.05, 3.63) is 21.3 Å². The van der Waals surface area contributed by atoms with Crippen LogP contribution in [-0.4, -0.2) is 17.4 Å². The van der Waals surface area contributed by atoms with Crippen LogP contribution >= 0.6 is 35.2 Å². The largest absolute Gasteiger partial charge is 0.393 e. The molecule has 0 saturated carbocycles. The zero-order chi connectivity index (χ0) is 12.0. The van der Waals surface area contributed by atoms with Crippen molar-refractivity contribution in [2.75, 3.05) is 6.54 Å². The van der Waals surface area contributed by atoms with Gasteiger partial charge in [-0.1, -0.05) is 23.8 Å². The molecule has 1 aromatic heterocycles. The molecule has 0 fully saturated rings. The van der Waals surface area contributed by atoms with E-state index in [1.54, 1.807) is 11.4 Å². The Kier molecular flexibility index (Phi) is 5.73. The van der Waals surface area contributed by atoms with E-state index in [0.29, 0.717) is 21.4 Å². The molecular formula is C10H13ClN2OS2. The molecule has 0 aromatic carbocycles. The summed E-state index contributed by atoms with van der Waals surface area (Å²) >= 11 is 11.9. The lowest BCUT2D eigenvalue weighted by atomic mass is 10.2.